The lowest BCUT2D eigenvalue weighted by Crippen LogP contribution is -2.25. The standard InChI is InChI=1S/C57H51N3O6/c1-6-8-27-59(28-9-7-2)42-22-19-40-31-47(57(62)65-53(40)32-42)50-26-25-49(58(50)3)39-21-24-52-46(30-39)45-29-38(20-23-51(45)60(52)41-13-11-10-12-14-41)36-15-17-37(18-16-36)44-35-48-54(64-5)33-43(63-4)34-55(48)66-56(44)61/h10-26,29-35H,6-9,27-28H2,1-5H3. The number of hydrogen-bond donors (Lipinski definition) is 0. The number of anilines is 1. The van der Waals surface area contributed by atoms with E-state index in [1.807, 2.05) is 61.6 Å². The van der Waals surface area contributed by atoms with E-state index in [0.29, 0.717) is 39.2 Å². The van der Waals surface area contributed by atoms with E-state index in [1.54, 1.807) is 26.4 Å². The van der Waals surface area contributed by atoms with Gasteiger partial charge in [-0.2, -0.15) is 0 Å². The summed E-state index contributed by atoms with van der Waals surface area (Å²) in [6.07, 6.45) is 4.48. The first-order valence-electron chi connectivity index (χ1n) is 22.7. The third-order valence-corrected chi connectivity index (χ3v) is 12.9. The molecule has 0 saturated heterocycles. The number of nitrogens with zero attached hydrogens (tertiary/aromatic N) is 3. The van der Waals surface area contributed by atoms with Crippen molar-refractivity contribution in [2.45, 2.75) is 39.5 Å². The van der Waals surface area contributed by atoms with Gasteiger partial charge in [-0.25, -0.2) is 9.59 Å². The number of rotatable bonds is 14. The van der Waals surface area contributed by atoms with E-state index in [2.05, 4.69) is 107 Å². The molecule has 0 atom stereocenters. The minimum Gasteiger partial charge on any atom is -0.496 e. The molecule has 0 spiro atoms. The monoisotopic (exact) mass is 873 g/mol. The molecule has 0 fully saturated rings. The summed E-state index contributed by atoms with van der Waals surface area (Å²) in [6.45, 7) is 6.38. The van der Waals surface area contributed by atoms with Gasteiger partial charge in [0.2, 0.25) is 0 Å². The van der Waals surface area contributed by atoms with Gasteiger partial charge in [-0.05, 0) is 108 Å². The van der Waals surface area contributed by atoms with Gasteiger partial charge in [0.05, 0.1) is 47.5 Å². The van der Waals surface area contributed by atoms with Crippen molar-refractivity contribution in [3.05, 3.63) is 166 Å². The summed E-state index contributed by atoms with van der Waals surface area (Å²) in [5.41, 5.74) is 11.1. The first-order valence-corrected chi connectivity index (χ1v) is 22.7. The molecule has 0 unspecified atom stereocenters. The molecule has 4 aromatic heterocycles. The van der Waals surface area contributed by atoms with E-state index in [1.165, 1.54) is 0 Å². The van der Waals surface area contributed by atoms with Gasteiger partial charge in [-0.3, -0.25) is 0 Å². The van der Waals surface area contributed by atoms with Crippen molar-refractivity contribution in [2.24, 2.45) is 7.05 Å². The van der Waals surface area contributed by atoms with Gasteiger partial charge in [0.1, 0.15) is 22.7 Å². The fraction of sp³-hybridized carbons (Fsp3) is 0.193. The molecule has 10 aromatic rings. The lowest BCUT2D eigenvalue weighted by Gasteiger charge is -2.24. The Labute approximate surface area is 382 Å². The maximum Gasteiger partial charge on any atom is 0.345 e. The first-order chi connectivity index (χ1) is 32.3. The van der Waals surface area contributed by atoms with Crippen molar-refractivity contribution in [1.29, 1.82) is 0 Å². The Morgan fingerprint density at radius 2 is 1.18 bits per heavy atom. The third kappa shape index (κ3) is 7.60. The maximum atomic E-state index is 13.7. The number of unbranched alkanes of at least 4 members (excludes halogenated alkanes) is 2. The highest BCUT2D eigenvalue weighted by atomic mass is 16.5. The van der Waals surface area contributed by atoms with Gasteiger partial charge in [0, 0.05) is 71.6 Å². The molecular formula is C57H51N3O6. The van der Waals surface area contributed by atoms with Crippen molar-refractivity contribution >= 4 is 49.4 Å². The SMILES string of the molecule is CCCCN(CCCC)c1ccc2cc(-c3ccc(-c4ccc5c(c4)c4cc(-c6ccc(-c7cc8c(OC)cc(OC)cc8oc7=O)cc6)ccc4n5-c4ccccc4)n3C)c(=O)oc2c1. The van der Waals surface area contributed by atoms with E-state index < -0.39 is 5.63 Å². The van der Waals surface area contributed by atoms with Crippen LogP contribution in [0.25, 0.3) is 94.2 Å². The Bertz CT molecular complexity index is 3530. The van der Waals surface area contributed by atoms with Crippen LogP contribution in [-0.2, 0) is 7.05 Å². The van der Waals surface area contributed by atoms with E-state index in [9.17, 15) is 9.59 Å². The average Bonchev–Trinajstić information content (AvgIpc) is 3.89. The number of benzene rings is 6. The minimum absolute atomic E-state index is 0.356. The van der Waals surface area contributed by atoms with Crippen LogP contribution in [-0.4, -0.2) is 36.4 Å². The van der Waals surface area contributed by atoms with Gasteiger partial charge in [-0.15, -0.1) is 0 Å². The van der Waals surface area contributed by atoms with Crippen molar-refractivity contribution in [3.63, 3.8) is 0 Å². The number of aromatic nitrogens is 2. The number of fused-ring (bicyclic) bond motifs is 5. The molecule has 10 rings (SSSR count). The van der Waals surface area contributed by atoms with E-state index in [4.69, 9.17) is 18.3 Å². The lowest BCUT2D eigenvalue weighted by atomic mass is 9.99. The largest absolute Gasteiger partial charge is 0.496 e. The summed E-state index contributed by atoms with van der Waals surface area (Å²) >= 11 is 0. The second-order valence-corrected chi connectivity index (χ2v) is 16.9. The Morgan fingerprint density at radius 1 is 0.545 bits per heavy atom. The molecule has 0 aliphatic rings. The van der Waals surface area contributed by atoms with Gasteiger partial charge in [-0.1, -0.05) is 81.3 Å². The van der Waals surface area contributed by atoms with Gasteiger partial charge >= 0.3 is 11.3 Å². The highest BCUT2D eigenvalue weighted by Crippen LogP contribution is 2.39. The molecule has 0 N–H and O–H groups in total. The molecule has 330 valence electrons. The van der Waals surface area contributed by atoms with E-state index in [0.717, 1.165) is 111 Å². The zero-order chi connectivity index (χ0) is 45.5. The third-order valence-electron chi connectivity index (χ3n) is 12.9. The van der Waals surface area contributed by atoms with Crippen LogP contribution in [0.1, 0.15) is 39.5 Å². The van der Waals surface area contributed by atoms with Crippen molar-refractivity contribution in [2.75, 3.05) is 32.2 Å². The minimum atomic E-state index is -0.441. The maximum absolute atomic E-state index is 13.7. The summed E-state index contributed by atoms with van der Waals surface area (Å²) in [5.74, 6) is 1.10. The zero-order valence-corrected chi connectivity index (χ0v) is 37.9. The van der Waals surface area contributed by atoms with Crippen molar-refractivity contribution in [3.8, 4) is 62.0 Å². The molecule has 0 aliphatic heterocycles. The van der Waals surface area contributed by atoms with Crippen LogP contribution in [0.2, 0.25) is 0 Å². The van der Waals surface area contributed by atoms with E-state index in [-0.39, 0.29) is 5.63 Å². The van der Waals surface area contributed by atoms with Crippen LogP contribution < -0.4 is 25.6 Å². The number of methoxy groups -OCH3 is 2. The zero-order valence-electron chi connectivity index (χ0n) is 37.9. The summed E-state index contributed by atoms with van der Waals surface area (Å²) in [5, 5.41) is 3.77. The van der Waals surface area contributed by atoms with Crippen LogP contribution in [0.15, 0.2) is 164 Å². The number of para-hydroxylation sites is 1. The molecular weight excluding hydrogens is 823 g/mol. The molecule has 0 saturated carbocycles. The Balaban J connectivity index is 1.02. The normalized spacial score (nSPS) is 11.6. The Kier molecular flexibility index (Phi) is 11.3. The molecule has 0 aliphatic carbocycles. The van der Waals surface area contributed by atoms with Gasteiger partial charge in [0.15, 0.2) is 0 Å². The smallest absolute Gasteiger partial charge is 0.345 e. The van der Waals surface area contributed by atoms with Gasteiger partial charge < -0.3 is 32.3 Å². The Morgan fingerprint density at radius 3 is 1.88 bits per heavy atom. The van der Waals surface area contributed by atoms with Gasteiger partial charge in [0.25, 0.3) is 0 Å². The molecule has 4 heterocycles. The topological polar surface area (TPSA) is 92.0 Å². The average molecular weight is 874 g/mol. The predicted molar refractivity (Wildman–Crippen MR) is 269 cm³/mol. The molecule has 6 aromatic carbocycles. The molecule has 0 amide bonds. The molecule has 0 bridgehead atoms. The summed E-state index contributed by atoms with van der Waals surface area (Å²) < 4.78 is 27.2. The van der Waals surface area contributed by atoms with E-state index >= 15 is 0 Å². The predicted octanol–water partition coefficient (Wildman–Crippen LogP) is 13.4. The quantitative estimate of drug-likeness (QED) is 0.100. The second kappa shape index (κ2) is 17.7. The fourth-order valence-corrected chi connectivity index (χ4v) is 9.32. The summed E-state index contributed by atoms with van der Waals surface area (Å²) in [6, 6.07) is 49.1. The van der Waals surface area contributed by atoms with Crippen LogP contribution >= 0.6 is 0 Å². The van der Waals surface area contributed by atoms with Crippen molar-refractivity contribution < 1.29 is 18.3 Å². The van der Waals surface area contributed by atoms with Crippen LogP contribution in [0.4, 0.5) is 5.69 Å². The van der Waals surface area contributed by atoms with Crippen LogP contribution in [0.5, 0.6) is 11.5 Å². The molecule has 66 heavy (non-hydrogen) atoms. The number of hydrogen-bond acceptors (Lipinski definition) is 7. The second-order valence-electron chi connectivity index (χ2n) is 16.9. The van der Waals surface area contributed by atoms with Crippen LogP contribution in [0, 0.1) is 0 Å². The highest BCUT2D eigenvalue weighted by Gasteiger charge is 2.19. The lowest BCUT2D eigenvalue weighted by molar-refractivity contribution is 0.396. The first kappa shape index (κ1) is 42.2. The van der Waals surface area contributed by atoms with Crippen LogP contribution in [0.3, 0.4) is 0 Å². The fourth-order valence-electron chi connectivity index (χ4n) is 9.32. The summed E-state index contributed by atoms with van der Waals surface area (Å²) in [4.78, 5) is 29.4. The molecule has 9 nitrogen and oxygen atoms in total. The highest BCUT2D eigenvalue weighted by molar-refractivity contribution is 6.11. The van der Waals surface area contributed by atoms with Crippen molar-refractivity contribution in [1.82, 2.24) is 9.13 Å². The number of ether oxygens (including phenoxy) is 2. The Hall–Kier alpha value is -7.78. The molecule has 0 radical (unpaired) electrons. The summed E-state index contributed by atoms with van der Waals surface area (Å²) in [7, 11) is 5.15. The molecule has 9 heteroatoms.